The number of hydrogen-bond acceptors (Lipinski definition) is 3. The van der Waals surface area contributed by atoms with E-state index in [1.807, 2.05) is 36.1 Å². The molecular formula is C14H20N2OS. The van der Waals surface area contributed by atoms with Gasteiger partial charge < -0.3 is 10.2 Å². The number of nitrogens with one attached hydrogen (secondary N) is 1. The minimum atomic E-state index is 0.106. The van der Waals surface area contributed by atoms with Crippen LogP contribution < -0.4 is 5.32 Å². The van der Waals surface area contributed by atoms with Crippen LogP contribution in [0.2, 0.25) is 0 Å². The maximum absolute atomic E-state index is 12.6. The van der Waals surface area contributed by atoms with Crippen LogP contribution in [0.4, 0.5) is 0 Å². The first-order valence-electron chi connectivity index (χ1n) is 6.53. The topological polar surface area (TPSA) is 32.3 Å². The molecule has 1 heterocycles. The van der Waals surface area contributed by atoms with Gasteiger partial charge in [0.2, 0.25) is 0 Å². The summed E-state index contributed by atoms with van der Waals surface area (Å²) in [6.07, 6.45) is 2.07. The Labute approximate surface area is 114 Å². The van der Waals surface area contributed by atoms with Crippen LogP contribution in [0.15, 0.2) is 29.2 Å². The number of amides is 1. The van der Waals surface area contributed by atoms with E-state index in [-0.39, 0.29) is 5.91 Å². The van der Waals surface area contributed by atoms with Gasteiger partial charge in [-0.15, -0.1) is 12.6 Å². The van der Waals surface area contributed by atoms with E-state index in [2.05, 4.69) is 17.9 Å². The molecular weight excluding hydrogens is 244 g/mol. The van der Waals surface area contributed by atoms with E-state index >= 15 is 0 Å². The van der Waals surface area contributed by atoms with Gasteiger partial charge in [-0.05, 0) is 45.0 Å². The van der Waals surface area contributed by atoms with Gasteiger partial charge in [-0.2, -0.15) is 0 Å². The van der Waals surface area contributed by atoms with Crippen molar-refractivity contribution in [1.29, 1.82) is 0 Å². The van der Waals surface area contributed by atoms with Crippen molar-refractivity contribution in [2.75, 3.05) is 19.6 Å². The molecule has 0 atom stereocenters. The molecule has 0 bridgehead atoms. The zero-order chi connectivity index (χ0) is 13.0. The lowest BCUT2D eigenvalue weighted by Gasteiger charge is -2.34. The summed E-state index contributed by atoms with van der Waals surface area (Å²) in [6.45, 7) is 4.79. The van der Waals surface area contributed by atoms with E-state index in [1.165, 1.54) is 0 Å². The summed E-state index contributed by atoms with van der Waals surface area (Å²) in [7, 11) is 0. The van der Waals surface area contributed by atoms with Crippen LogP contribution in [-0.4, -0.2) is 36.5 Å². The van der Waals surface area contributed by atoms with Crippen molar-refractivity contribution in [2.45, 2.75) is 30.7 Å². The van der Waals surface area contributed by atoms with Crippen LogP contribution in [0.1, 0.15) is 30.1 Å². The fourth-order valence-corrected chi connectivity index (χ4v) is 2.75. The molecule has 4 heteroatoms. The number of hydrogen-bond donors (Lipinski definition) is 2. The molecule has 18 heavy (non-hydrogen) atoms. The zero-order valence-electron chi connectivity index (χ0n) is 10.7. The van der Waals surface area contributed by atoms with Gasteiger partial charge in [0.05, 0.1) is 5.56 Å². The Hall–Kier alpha value is -1.00. The highest BCUT2D eigenvalue weighted by molar-refractivity contribution is 7.80. The summed E-state index contributed by atoms with van der Waals surface area (Å²) in [6, 6.07) is 7.88. The minimum Gasteiger partial charge on any atom is -0.336 e. The molecule has 0 aliphatic carbocycles. The van der Waals surface area contributed by atoms with Crippen LogP contribution in [0.5, 0.6) is 0 Å². The summed E-state index contributed by atoms with van der Waals surface area (Å²) >= 11 is 4.37. The molecule has 1 saturated heterocycles. The molecule has 0 aromatic heterocycles. The van der Waals surface area contributed by atoms with Gasteiger partial charge in [-0.25, -0.2) is 0 Å². The summed E-state index contributed by atoms with van der Waals surface area (Å²) < 4.78 is 0. The first-order chi connectivity index (χ1) is 8.74. The maximum atomic E-state index is 12.6. The number of rotatable bonds is 3. The molecule has 3 nitrogen and oxygen atoms in total. The highest BCUT2D eigenvalue weighted by atomic mass is 32.1. The third-order valence-electron chi connectivity index (χ3n) is 3.49. The van der Waals surface area contributed by atoms with Crippen LogP contribution in [-0.2, 0) is 0 Å². The molecule has 2 rings (SSSR count). The monoisotopic (exact) mass is 264 g/mol. The Morgan fingerprint density at radius 2 is 2.06 bits per heavy atom. The molecule has 98 valence electrons. The first-order valence-corrected chi connectivity index (χ1v) is 6.98. The molecule has 1 aromatic carbocycles. The summed E-state index contributed by atoms with van der Waals surface area (Å²) in [5, 5.41) is 3.33. The standard InChI is InChI=1S/C14H20N2OS/c1-2-16(11-7-9-15-10-8-11)14(17)12-5-3-4-6-13(12)18/h3-6,11,15,18H,2,7-10H2,1H3. The van der Waals surface area contributed by atoms with Gasteiger partial charge in [0.25, 0.3) is 5.91 Å². The average Bonchev–Trinajstić information content (AvgIpc) is 2.41. The van der Waals surface area contributed by atoms with E-state index in [4.69, 9.17) is 0 Å². The van der Waals surface area contributed by atoms with Crippen LogP contribution in [0, 0.1) is 0 Å². The van der Waals surface area contributed by atoms with Gasteiger partial charge in [0, 0.05) is 17.5 Å². The lowest BCUT2D eigenvalue weighted by molar-refractivity contribution is 0.0652. The fourth-order valence-electron chi connectivity index (χ4n) is 2.50. The number of carbonyl (C=O) groups is 1. The smallest absolute Gasteiger partial charge is 0.255 e. The fraction of sp³-hybridized carbons (Fsp3) is 0.500. The number of nitrogens with zero attached hydrogens (tertiary/aromatic N) is 1. The molecule has 1 amide bonds. The number of carbonyl (C=O) groups excluding carboxylic acids is 1. The van der Waals surface area contributed by atoms with Crippen LogP contribution in [0.3, 0.4) is 0 Å². The molecule has 1 N–H and O–H groups in total. The number of piperidine rings is 1. The van der Waals surface area contributed by atoms with Gasteiger partial charge in [0.15, 0.2) is 0 Å². The highest BCUT2D eigenvalue weighted by Crippen LogP contribution is 2.19. The Balaban J connectivity index is 2.17. The molecule has 1 aromatic rings. The van der Waals surface area contributed by atoms with Crippen molar-refractivity contribution in [2.24, 2.45) is 0 Å². The third-order valence-corrected chi connectivity index (χ3v) is 3.88. The Kier molecular flexibility index (Phi) is 4.66. The van der Waals surface area contributed by atoms with Crippen molar-refractivity contribution >= 4 is 18.5 Å². The van der Waals surface area contributed by atoms with E-state index in [9.17, 15) is 4.79 Å². The summed E-state index contributed by atoms with van der Waals surface area (Å²) in [4.78, 5) is 15.3. The molecule has 1 aliphatic rings. The maximum Gasteiger partial charge on any atom is 0.255 e. The van der Waals surface area contributed by atoms with Gasteiger partial charge >= 0.3 is 0 Å². The molecule has 0 spiro atoms. The predicted molar refractivity (Wildman–Crippen MR) is 76.3 cm³/mol. The lowest BCUT2D eigenvalue weighted by Crippen LogP contribution is -2.46. The van der Waals surface area contributed by atoms with Crippen molar-refractivity contribution in [1.82, 2.24) is 10.2 Å². The quantitative estimate of drug-likeness (QED) is 0.820. The summed E-state index contributed by atoms with van der Waals surface area (Å²) in [5.74, 6) is 0.106. The van der Waals surface area contributed by atoms with Crippen molar-refractivity contribution in [3.8, 4) is 0 Å². The van der Waals surface area contributed by atoms with Crippen LogP contribution in [0.25, 0.3) is 0 Å². The van der Waals surface area contributed by atoms with Gasteiger partial charge in [0.1, 0.15) is 0 Å². The minimum absolute atomic E-state index is 0.106. The predicted octanol–water partition coefficient (Wildman–Crippen LogP) is 2.19. The van der Waals surface area contributed by atoms with Crippen LogP contribution >= 0.6 is 12.6 Å². The van der Waals surface area contributed by atoms with E-state index in [0.717, 1.165) is 37.4 Å². The second-order valence-electron chi connectivity index (χ2n) is 4.59. The average molecular weight is 264 g/mol. The molecule has 1 aliphatic heterocycles. The van der Waals surface area contributed by atoms with Crippen molar-refractivity contribution in [3.63, 3.8) is 0 Å². The van der Waals surface area contributed by atoms with Crippen molar-refractivity contribution in [3.05, 3.63) is 29.8 Å². The Morgan fingerprint density at radius 1 is 1.39 bits per heavy atom. The lowest BCUT2D eigenvalue weighted by atomic mass is 10.0. The first kappa shape index (κ1) is 13.4. The van der Waals surface area contributed by atoms with E-state index in [1.54, 1.807) is 0 Å². The Morgan fingerprint density at radius 3 is 2.67 bits per heavy atom. The summed E-state index contributed by atoms with van der Waals surface area (Å²) in [5.41, 5.74) is 0.709. The zero-order valence-corrected chi connectivity index (χ0v) is 11.6. The Bertz CT molecular complexity index is 416. The number of benzene rings is 1. The van der Waals surface area contributed by atoms with Gasteiger partial charge in [-0.3, -0.25) is 4.79 Å². The third kappa shape index (κ3) is 2.87. The highest BCUT2D eigenvalue weighted by Gasteiger charge is 2.25. The normalized spacial score (nSPS) is 16.6. The van der Waals surface area contributed by atoms with E-state index < -0.39 is 0 Å². The molecule has 0 radical (unpaired) electrons. The van der Waals surface area contributed by atoms with Gasteiger partial charge in [-0.1, -0.05) is 12.1 Å². The number of thiol groups is 1. The second kappa shape index (κ2) is 6.25. The molecule has 0 unspecified atom stereocenters. The molecule has 1 fully saturated rings. The molecule has 0 saturated carbocycles. The second-order valence-corrected chi connectivity index (χ2v) is 5.07. The van der Waals surface area contributed by atoms with E-state index in [0.29, 0.717) is 11.6 Å². The van der Waals surface area contributed by atoms with Crippen molar-refractivity contribution < 1.29 is 4.79 Å². The SMILES string of the molecule is CCN(C(=O)c1ccccc1S)C1CCNCC1. The largest absolute Gasteiger partial charge is 0.336 e.